The molecule has 0 amide bonds. The van der Waals surface area contributed by atoms with Gasteiger partial charge in [-0.15, -0.1) is 0 Å². The molecule has 0 fully saturated rings. The second kappa shape index (κ2) is 5.21. The van der Waals surface area contributed by atoms with E-state index in [9.17, 15) is 0 Å². The normalized spacial score (nSPS) is 10.1. The van der Waals surface area contributed by atoms with Crippen molar-refractivity contribution in [3.8, 4) is 0 Å². The van der Waals surface area contributed by atoms with Crippen LogP contribution < -0.4 is 5.32 Å². The smallest absolute Gasteiger partial charge is 0.144 e. The van der Waals surface area contributed by atoms with Gasteiger partial charge in [-0.05, 0) is 25.0 Å². The van der Waals surface area contributed by atoms with Gasteiger partial charge in [0.15, 0.2) is 0 Å². The number of aryl methyl sites for hydroxylation is 1. The van der Waals surface area contributed by atoms with Gasteiger partial charge in [-0.3, -0.25) is 9.97 Å². The van der Waals surface area contributed by atoms with Crippen molar-refractivity contribution in [2.24, 2.45) is 0 Å². The molecule has 0 saturated heterocycles. The van der Waals surface area contributed by atoms with Crippen LogP contribution in [0.4, 0.5) is 5.82 Å². The van der Waals surface area contributed by atoms with Gasteiger partial charge in [0.1, 0.15) is 5.82 Å². The third-order valence-electron chi connectivity index (χ3n) is 2.20. The molecule has 0 saturated carbocycles. The van der Waals surface area contributed by atoms with Crippen LogP contribution in [0.5, 0.6) is 0 Å². The van der Waals surface area contributed by atoms with Gasteiger partial charge in [-0.2, -0.15) is 0 Å². The first-order valence-corrected chi connectivity index (χ1v) is 5.26. The number of nitrogens with zero attached hydrogens (tertiary/aromatic N) is 3. The minimum Gasteiger partial charge on any atom is -0.368 e. The van der Waals surface area contributed by atoms with Crippen LogP contribution in [-0.2, 0) is 6.42 Å². The van der Waals surface area contributed by atoms with Crippen molar-refractivity contribution in [1.82, 2.24) is 15.0 Å². The monoisotopic (exact) mass is 214 g/mol. The largest absolute Gasteiger partial charge is 0.368 e. The fourth-order valence-corrected chi connectivity index (χ4v) is 1.43. The van der Waals surface area contributed by atoms with Crippen LogP contribution in [0.2, 0.25) is 0 Å². The molecule has 0 radical (unpaired) electrons. The van der Waals surface area contributed by atoms with E-state index in [1.165, 1.54) is 5.56 Å². The van der Waals surface area contributed by atoms with Crippen LogP contribution in [0.15, 0.2) is 36.9 Å². The first-order chi connectivity index (χ1) is 7.84. The average Bonchev–Trinajstić information content (AvgIpc) is 2.30. The highest BCUT2D eigenvalue weighted by atomic mass is 15.0. The number of pyridine rings is 1. The summed E-state index contributed by atoms with van der Waals surface area (Å²) in [7, 11) is 0. The van der Waals surface area contributed by atoms with Crippen LogP contribution in [0.3, 0.4) is 0 Å². The Bertz CT molecular complexity index is 442. The molecular formula is C12H14N4. The molecule has 82 valence electrons. The molecule has 0 aliphatic rings. The fraction of sp³-hybridized carbons (Fsp3) is 0.250. The Morgan fingerprint density at radius 3 is 2.88 bits per heavy atom. The predicted molar refractivity (Wildman–Crippen MR) is 63.2 cm³/mol. The number of hydrogen-bond acceptors (Lipinski definition) is 4. The van der Waals surface area contributed by atoms with Crippen molar-refractivity contribution in [2.45, 2.75) is 13.3 Å². The van der Waals surface area contributed by atoms with E-state index in [1.54, 1.807) is 18.6 Å². The lowest BCUT2D eigenvalue weighted by Crippen LogP contribution is -2.07. The minimum atomic E-state index is 0.823. The van der Waals surface area contributed by atoms with Gasteiger partial charge in [0.25, 0.3) is 0 Å². The zero-order valence-corrected chi connectivity index (χ0v) is 9.22. The number of anilines is 1. The molecule has 2 heterocycles. The lowest BCUT2D eigenvalue weighted by atomic mass is 10.2. The SMILES string of the molecule is Cc1cncc(NCCc2cccnc2)n1. The number of aromatic nitrogens is 3. The molecule has 2 aromatic rings. The van der Waals surface area contributed by atoms with Crippen LogP contribution in [0.25, 0.3) is 0 Å². The summed E-state index contributed by atoms with van der Waals surface area (Å²) < 4.78 is 0. The van der Waals surface area contributed by atoms with Crippen LogP contribution in [0.1, 0.15) is 11.3 Å². The molecule has 0 atom stereocenters. The molecule has 16 heavy (non-hydrogen) atoms. The Labute approximate surface area is 94.8 Å². The maximum absolute atomic E-state index is 4.32. The summed E-state index contributed by atoms with van der Waals surface area (Å²) in [4.78, 5) is 12.5. The topological polar surface area (TPSA) is 50.7 Å². The number of rotatable bonds is 4. The summed E-state index contributed by atoms with van der Waals surface area (Å²) in [5.41, 5.74) is 2.14. The average molecular weight is 214 g/mol. The van der Waals surface area contributed by atoms with Crippen molar-refractivity contribution in [3.63, 3.8) is 0 Å². The molecule has 0 spiro atoms. The van der Waals surface area contributed by atoms with Gasteiger partial charge in [0, 0.05) is 25.1 Å². The molecule has 4 nitrogen and oxygen atoms in total. The molecule has 0 aliphatic heterocycles. The van der Waals surface area contributed by atoms with Crippen molar-refractivity contribution in [3.05, 3.63) is 48.2 Å². The quantitative estimate of drug-likeness (QED) is 0.843. The molecular weight excluding hydrogens is 200 g/mol. The molecule has 0 aromatic carbocycles. The lowest BCUT2D eigenvalue weighted by Gasteiger charge is -2.05. The maximum atomic E-state index is 4.32. The van der Waals surface area contributed by atoms with Crippen molar-refractivity contribution in [1.29, 1.82) is 0 Å². The molecule has 0 unspecified atom stereocenters. The van der Waals surface area contributed by atoms with E-state index in [-0.39, 0.29) is 0 Å². The van der Waals surface area contributed by atoms with Crippen LogP contribution in [-0.4, -0.2) is 21.5 Å². The Kier molecular flexibility index (Phi) is 3.43. The standard InChI is InChI=1S/C12H14N4/c1-10-7-14-9-12(16-10)15-6-4-11-3-2-5-13-8-11/h2-3,5,7-9H,4,6H2,1H3,(H,15,16). The van der Waals surface area contributed by atoms with E-state index in [2.05, 4.69) is 26.3 Å². The van der Waals surface area contributed by atoms with E-state index < -0.39 is 0 Å². The zero-order valence-electron chi connectivity index (χ0n) is 9.22. The Morgan fingerprint density at radius 2 is 2.12 bits per heavy atom. The molecule has 0 aliphatic carbocycles. The second-order valence-corrected chi connectivity index (χ2v) is 3.58. The van der Waals surface area contributed by atoms with Gasteiger partial charge in [0.2, 0.25) is 0 Å². The summed E-state index contributed by atoms with van der Waals surface area (Å²) in [5, 5.41) is 3.23. The molecule has 1 N–H and O–H groups in total. The van der Waals surface area contributed by atoms with Crippen LogP contribution >= 0.6 is 0 Å². The molecule has 4 heteroatoms. The van der Waals surface area contributed by atoms with E-state index in [1.807, 2.05) is 19.2 Å². The highest BCUT2D eigenvalue weighted by molar-refractivity contribution is 5.31. The zero-order chi connectivity index (χ0) is 11.2. The molecule has 0 bridgehead atoms. The first-order valence-electron chi connectivity index (χ1n) is 5.26. The lowest BCUT2D eigenvalue weighted by molar-refractivity contribution is 0.981. The maximum Gasteiger partial charge on any atom is 0.144 e. The van der Waals surface area contributed by atoms with Gasteiger partial charge in [-0.1, -0.05) is 6.07 Å². The van der Waals surface area contributed by atoms with E-state index in [0.717, 1.165) is 24.5 Å². The second-order valence-electron chi connectivity index (χ2n) is 3.58. The van der Waals surface area contributed by atoms with Crippen molar-refractivity contribution in [2.75, 3.05) is 11.9 Å². The van der Waals surface area contributed by atoms with Gasteiger partial charge >= 0.3 is 0 Å². The van der Waals surface area contributed by atoms with Gasteiger partial charge in [-0.25, -0.2) is 4.98 Å². The predicted octanol–water partition coefficient (Wildman–Crippen LogP) is 1.83. The Balaban J connectivity index is 1.85. The number of hydrogen-bond donors (Lipinski definition) is 1. The van der Waals surface area contributed by atoms with E-state index >= 15 is 0 Å². The molecule has 2 rings (SSSR count). The summed E-state index contributed by atoms with van der Waals surface area (Å²) in [6.07, 6.45) is 8.07. The highest BCUT2D eigenvalue weighted by Gasteiger charge is 1.95. The third kappa shape index (κ3) is 3.02. The van der Waals surface area contributed by atoms with E-state index in [0.29, 0.717) is 0 Å². The summed E-state index contributed by atoms with van der Waals surface area (Å²) in [6, 6.07) is 4.01. The van der Waals surface area contributed by atoms with E-state index in [4.69, 9.17) is 0 Å². The highest BCUT2D eigenvalue weighted by Crippen LogP contribution is 2.02. The third-order valence-corrected chi connectivity index (χ3v) is 2.20. The summed E-state index contributed by atoms with van der Waals surface area (Å²) >= 11 is 0. The van der Waals surface area contributed by atoms with Gasteiger partial charge < -0.3 is 5.32 Å². The molecule has 2 aromatic heterocycles. The Hall–Kier alpha value is -1.97. The Morgan fingerprint density at radius 1 is 1.19 bits per heavy atom. The minimum absolute atomic E-state index is 0.823. The van der Waals surface area contributed by atoms with Crippen molar-refractivity contribution < 1.29 is 0 Å². The summed E-state index contributed by atoms with van der Waals surface area (Å²) in [6.45, 7) is 2.77. The number of nitrogens with one attached hydrogen (secondary N) is 1. The van der Waals surface area contributed by atoms with Gasteiger partial charge in [0.05, 0.1) is 11.9 Å². The first kappa shape index (κ1) is 10.5. The van der Waals surface area contributed by atoms with Crippen LogP contribution in [0, 0.1) is 6.92 Å². The summed E-state index contributed by atoms with van der Waals surface area (Å²) in [5.74, 6) is 0.823. The fourth-order valence-electron chi connectivity index (χ4n) is 1.43. The van der Waals surface area contributed by atoms with Crippen molar-refractivity contribution >= 4 is 5.82 Å².